The van der Waals surface area contributed by atoms with Crippen LogP contribution in [0, 0.1) is 0 Å². The zero-order valence-corrected chi connectivity index (χ0v) is 19.6. The lowest BCUT2D eigenvalue weighted by Crippen LogP contribution is -2.37. The predicted molar refractivity (Wildman–Crippen MR) is 131 cm³/mol. The molecule has 0 spiro atoms. The van der Waals surface area contributed by atoms with Gasteiger partial charge in [-0.15, -0.1) is 0 Å². The average Bonchev–Trinajstić information content (AvgIpc) is 3.57. The van der Waals surface area contributed by atoms with Gasteiger partial charge in [-0.25, -0.2) is 9.78 Å². The van der Waals surface area contributed by atoms with E-state index >= 15 is 0 Å². The van der Waals surface area contributed by atoms with E-state index in [1.807, 2.05) is 65.0 Å². The number of carbonyl (C=O) groups is 2. The molecule has 9 heteroatoms. The van der Waals surface area contributed by atoms with Gasteiger partial charge in [0.2, 0.25) is 5.76 Å². The van der Waals surface area contributed by atoms with Crippen LogP contribution in [0.4, 0.5) is 10.5 Å². The quantitative estimate of drug-likeness (QED) is 0.437. The molecule has 0 saturated carbocycles. The van der Waals surface area contributed by atoms with Crippen LogP contribution in [0.25, 0.3) is 5.65 Å². The number of benzene rings is 1. The number of hydrogen-bond donors (Lipinski definition) is 2. The lowest BCUT2D eigenvalue weighted by molar-refractivity contribution is 0.0671. The second kappa shape index (κ2) is 10.0. The summed E-state index contributed by atoms with van der Waals surface area (Å²) in [6, 6.07) is 13.3. The first-order chi connectivity index (χ1) is 17.1. The Morgan fingerprint density at radius 2 is 1.89 bits per heavy atom. The molecule has 35 heavy (non-hydrogen) atoms. The van der Waals surface area contributed by atoms with Crippen LogP contribution in [0.15, 0.2) is 65.6 Å². The Bertz CT molecular complexity index is 1320. The summed E-state index contributed by atoms with van der Waals surface area (Å²) in [4.78, 5) is 31.1. The Balaban J connectivity index is 1.10. The molecule has 1 aromatic carbocycles. The molecule has 1 aliphatic heterocycles. The Hall–Kier alpha value is -4.14. The van der Waals surface area contributed by atoms with Crippen LogP contribution >= 0.6 is 0 Å². The molecule has 0 bridgehead atoms. The molecule has 3 aromatic heterocycles. The van der Waals surface area contributed by atoms with Gasteiger partial charge in [0.05, 0.1) is 5.69 Å². The number of amides is 3. The van der Waals surface area contributed by atoms with Crippen molar-refractivity contribution in [3.8, 4) is 0 Å². The van der Waals surface area contributed by atoms with Crippen LogP contribution < -0.4 is 10.6 Å². The number of likely N-dealkylation sites (tertiary alicyclic amines) is 1. The molecule has 0 unspecified atom stereocenters. The summed E-state index contributed by atoms with van der Waals surface area (Å²) in [5.41, 5.74) is 4.57. The average molecular weight is 473 g/mol. The molecule has 4 aromatic rings. The second-order valence-electron chi connectivity index (χ2n) is 8.76. The third-order valence-corrected chi connectivity index (χ3v) is 6.47. The van der Waals surface area contributed by atoms with Gasteiger partial charge < -0.3 is 24.5 Å². The first-order valence-corrected chi connectivity index (χ1v) is 11.9. The van der Waals surface area contributed by atoms with Crippen molar-refractivity contribution in [2.45, 2.75) is 38.6 Å². The second-order valence-corrected chi connectivity index (χ2v) is 8.76. The van der Waals surface area contributed by atoms with Gasteiger partial charge in [-0.1, -0.05) is 24.2 Å². The lowest BCUT2D eigenvalue weighted by atomic mass is 9.89. The fourth-order valence-electron chi connectivity index (χ4n) is 4.41. The summed E-state index contributed by atoms with van der Waals surface area (Å²) < 4.78 is 7.12. The molecule has 3 amide bonds. The van der Waals surface area contributed by atoms with E-state index in [0.717, 1.165) is 41.9 Å². The van der Waals surface area contributed by atoms with Crippen LogP contribution in [0.1, 0.15) is 53.1 Å². The maximum Gasteiger partial charge on any atom is 0.319 e. The third kappa shape index (κ3) is 5.18. The number of anilines is 1. The summed E-state index contributed by atoms with van der Waals surface area (Å²) in [7, 11) is 0. The minimum Gasteiger partial charge on any atom is -0.351 e. The molecular formula is C26H28N6O3. The van der Waals surface area contributed by atoms with Crippen LogP contribution in [0.2, 0.25) is 0 Å². The number of piperidine rings is 1. The highest BCUT2D eigenvalue weighted by Gasteiger charge is 2.26. The fourth-order valence-corrected chi connectivity index (χ4v) is 4.41. The van der Waals surface area contributed by atoms with Gasteiger partial charge in [-0.3, -0.25) is 4.79 Å². The summed E-state index contributed by atoms with van der Waals surface area (Å²) in [6.07, 6.45) is 8.06. The number of hydrogen-bond acceptors (Lipinski definition) is 5. The third-order valence-electron chi connectivity index (χ3n) is 6.47. The van der Waals surface area contributed by atoms with Crippen LogP contribution in [0.3, 0.4) is 0 Å². The van der Waals surface area contributed by atoms with Gasteiger partial charge in [0, 0.05) is 50.0 Å². The Morgan fingerprint density at radius 3 is 2.63 bits per heavy atom. The fraction of sp³-hybridized carbons (Fsp3) is 0.308. The van der Waals surface area contributed by atoms with Gasteiger partial charge >= 0.3 is 6.03 Å². The first kappa shape index (κ1) is 22.6. The maximum atomic E-state index is 12.7. The Labute approximate surface area is 203 Å². The van der Waals surface area contributed by atoms with E-state index in [-0.39, 0.29) is 11.9 Å². The van der Waals surface area contributed by atoms with Gasteiger partial charge in [0.25, 0.3) is 5.91 Å². The Kier molecular flexibility index (Phi) is 6.47. The SMILES string of the molecule is CCc1cc(C(=O)N2CCC(c3ccc(NC(=O)NCc4ccn5ccnc5c4)cc3)CC2)on1. The number of rotatable bonds is 6. The van der Waals surface area contributed by atoms with Crippen LogP contribution in [-0.4, -0.2) is 44.5 Å². The molecule has 1 aliphatic rings. The zero-order valence-electron chi connectivity index (χ0n) is 19.6. The number of pyridine rings is 1. The molecule has 4 heterocycles. The summed E-state index contributed by atoms with van der Waals surface area (Å²) >= 11 is 0. The van der Waals surface area contributed by atoms with Crippen molar-refractivity contribution in [3.05, 3.63) is 83.6 Å². The van der Waals surface area contributed by atoms with Gasteiger partial charge in [0.1, 0.15) is 5.65 Å². The number of nitrogens with one attached hydrogen (secondary N) is 2. The number of nitrogens with zero attached hydrogens (tertiary/aromatic N) is 4. The van der Waals surface area contributed by atoms with E-state index in [4.69, 9.17) is 4.52 Å². The van der Waals surface area contributed by atoms with E-state index in [0.29, 0.717) is 31.3 Å². The number of carbonyl (C=O) groups excluding carboxylic acids is 2. The number of urea groups is 1. The molecule has 5 rings (SSSR count). The molecule has 0 atom stereocenters. The molecule has 1 saturated heterocycles. The minimum absolute atomic E-state index is 0.0917. The van der Waals surface area contributed by atoms with Crippen molar-refractivity contribution in [3.63, 3.8) is 0 Å². The van der Waals surface area contributed by atoms with E-state index in [9.17, 15) is 9.59 Å². The molecule has 0 radical (unpaired) electrons. The van der Waals surface area contributed by atoms with Crippen molar-refractivity contribution in [1.29, 1.82) is 0 Å². The largest absolute Gasteiger partial charge is 0.351 e. The van der Waals surface area contributed by atoms with Crippen LogP contribution in [0.5, 0.6) is 0 Å². The number of imidazole rings is 1. The van der Waals surface area contributed by atoms with Crippen molar-refractivity contribution < 1.29 is 14.1 Å². The van der Waals surface area contributed by atoms with E-state index in [1.54, 1.807) is 12.3 Å². The van der Waals surface area contributed by atoms with Gasteiger partial charge in [0.15, 0.2) is 0 Å². The van der Waals surface area contributed by atoms with Crippen molar-refractivity contribution in [1.82, 2.24) is 24.8 Å². The topological polar surface area (TPSA) is 105 Å². The number of aryl methyl sites for hydroxylation is 1. The molecule has 1 fully saturated rings. The van der Waals surface area contributed by atoms with Crippen molar-refractivity contribution >= 4 is 23.3 Å². The highest BCUT2D eigenvalue weighted by molar-refractivity contribution is 5.91. The first-order valence-electron chi connectivity index (χ1n) is 11.9. The molecular weight excluding hydrogens is 444 g/mol. The van der Waals surface area contributed by atoms with E-state index < -0.39 is 0 Å². The molecule has 2 N–H and O–H groups in total. The lowest BCUT2D eigenvalue weighted by Gasteiger charge is -2.31. The van der Waals surface area contributed by atoms with Crippen LogP contribution in [-0.2, 0) is 13.0 Å². The Morgan fingerprint density at radius 1 is 1.09 bits per heavy atom. The summed E-state index contributed by atoms with van der Waals surface area (Å²) in [6.45, 7) is 3.75. The summed E-state index contributed by atoms with van der Waals surface area (Å²) in [5, 5.41) is 9.68. The number of fused-ring (bicyclic) bond motifs is 1. The number of aromatic nitrogens is 3. The maximum absolute atomic E-state index is 12.7. The predicted octanol–water partition coefficient (Wildman–Crippen LogP) is 4.23. The van der Waals surface area contributed by atoms with E-state index in [2.05, 4.69) is 20.8 Å². The minimum atomic E-state index is -0.258. The molecule has 9 nitrogen and oxygen atoms in total. The molecule has 0 aliphatic carbocycles. The zero-order chi connectivity index (χ0) is 24.2. The summed E-state index contributed by atoms with van der Waals surface area (Å²) in [5.74, 6) is 0.599. The monoisotopic (exact) mass is 472 g/mol. The highest BCUT2D eigenvalue weighted by Crippen LogP contribution is 2.29. The van der Waals surface area contributed by atoms with Crippen molar-refractivity contribution in [2.75, 3.05) is 18.4 Å². The standard InChI is InChI=1S/C26H28N6O3/c1-2-21-16-23(35-30-21)25(33)32-12-8-20(9-13-32)19-3-5-22(6-4-19)29-26(34)28-17-18-7-11-31-14-10-27-24(31)15-18/h3-7,10-11,14-16,20H,2,8-9,12-13,17H2,1H3,(H2,28,29,34). The molecule has 180 valence electrons. The van der Waals surface area contributed by atoms with E-state index in [1.165, 1.54) is 5.56 Å². The normalized spacial score (nSPS) is 14.3. The van der Waals surface area contributed by atoms with Gasteiger partial charge in [-0.05, 0) is 60.6 Å². The van der Waals surface area contributed by atoms with Gasteiger partial charge in [-0.2, -0.15) is 0 Å². The highest BCUT2D eigenvalue weighted by atomic mass is 16.5. The smallest absolute Gasteiger partial charge is 0.319 e. The van der Waals surface area contributed by atoms with Crippen molar-refractivity contribution in [2.24, 2.45) is 0 Å².